The van der Waals surface area contributed by atoms with E-state index in [1.54, 1.807) is 6.07 Å². The van der Waals surface area contributed by atoms with Crippen molar-refractivity contribution in [2.45, 2.75) is 28.8 Å². The van der Waals surface area contributed by atoms with Crippen LogP contribution >= 0.6 is 11.8 Å². The standard InChI is InChI=1S/C36H42F3N5O3S/c1-41(2)15-12-26-24-40-30-10-9-28(23-29(26)30)47-25-35(45)46-21-20-43-18-16-42(17-19-43)13-5-14-44-31-6-3-4-7-33(31)48-34-11-8-27(22-32(34)44)36(37,38)39/h3-4,6-11,22-24,40H,5,12-21,25H2,1-2H3. The van der Waals surface area contributed by atoms with Gasteiger partial charge in [0.1, 0.15) is 12.4 Å². The number of piperazine rings is 1. The van der Waals surface area contributed by atoms with E-state index in [1.165, 1.54) is 29.5 Å². The Morgan fingerprint density at radius 2 is 1.67 bits per heavy atom. The van der Waals surface area contributed by atoms with Crippen molar-refractivity contribution >= 4 is 40.0 Å². The first-order valence-electron chi connectivity index (χ1n) is 16.4. The fourth-order valence-corrected chi connectivity index (χ4v) is 7.28. The number of nitrogens with one attached hydrogen (secondary N) is 1. The molecule has 1 fully saturated rings. The quantitative estimate of drug-likeness (QED) is 0.160. The van der Waals surface area contributed by atoms with Crippen molar-refractivity contribution in [3.8, 4) is 5.75 Å². The van der Waals surface area contributed by atoms with Gasteiger partial charge in [-0.2, -0.15) is 13.2 Å². The van der Waals surface area contributed by atoms with Gasteiger partial charge in [-0.05, 0) is 87.6 Å². The molecule has 1 N–H and O–H groups in total. The zero-order valence-electron chi connectivity index (χ0n) is 27.4. The summed E-state index contributed by atoms with van der Waals surface area (Å²) in [5, 5.41) is 1.10. The molecule has 8 nitrogen and oxygen atoms in total. The van der Waals surface area contributed by atoms with E-state index in [0.717, 1.165) is 78.5 Å². The van der Waals surface area contributed by atoms with Crippen LogP contribution in [0.5, 0.6) is 5.75 Å². The van der Waals surface area contributed by atoms with Gasteiger partial charge < -0.3 is 29.2 Å². The molecule has 0 aliphatic carbocycles. The summed E-state index contributed by atoms with van der Waals surface area (Å²) in [6.45, 7) is 6.74. The number of aromatic amines is 1. The summed E-state index contributed by atoms with van der Waals surface area (Å²) in [6, 6.07) is 17.7. The average Bonchev–Trinajstić information content (AvgIpc) is 3.48. The topological polar surface area (TPSA) is 64.3 Å². The highest BCUT2D eigenvalue weighted by Crippen LogP contribution is 2.49. The Balaban J connectivity index is 0.915. The van der Waals surface area contributed by atoms with Gasteiger partial charge in [0.05, 0.1) is 16.9 Å². The van der Waals surface area contributed by atoms with E-state index in [9.17, 15) is 18.0 Å². The summed E-state index contributed by atoms with van der Waals surface area (Å²) in [4.78, 5) is 26.4. The number of carbonyl (C=O) groups is 1. The molecule has 0 atom stereocenters. The van der Waals surface area contributed by atoms with Crippen LogP contribution in [0.4, 0.5) is 24.5 Å². The van der Waals surface area contributed by atoms with Crippen LogP contribution in [0, 0.1) is 0 Å². The molecule has 1 aromatic heterocycles. The number of anilines is 2. The van der Waals surface area contributed by atoms with Crippen molar-refractivity contribution in [3.63, 3.8) is 0 Å². The molecule has 0 saturated carbocycles. The fraction of sp³-hybridized carbons (Fsp3) is 0.417. The number of likely N-dealkylation sites (N-methyl/N-ethyl adjacent to an activating group) is 1. The van der Waals surface area contributed by atoms with E-state index in [1.807, 2.05) is 53.6 Å². The molecule has 0 amide bonds. The van der Waals surface area contributed by atoms with E-state index in [4.69, 9.17) is 9.47 Å². The zero-order valence-corrected chi connectivity index (χ0v) is 28.2. The first kappa shape index (κ1) is 34.2. The molecule has 12 heteroatoms. The number of ether oxygens (including phenoxy) is 2. The largest absolute Gasteiger partial charge is 0.482 e. The van der Waals surface area contributed by atoms with E-state index in [0.29, 0.717) is 31.1 Å². The van der Waals surface area contributed by atoms with Gasteiger partial charge in [-0.3, -0.25) is 4.90 Å². The lowest BCUT2D eigenvalue weighted by Gasteiger charge is -2.36. The summed E-state index contributed by atoms with van der Waals surface area (Å²) in [6.07, 6.45) is -0.620. The van der Waals surface area contributed by atoms with Crippen molar-refractivity contribution in [1.29, 1.82) is 0 Å². The lowest BCUT2D eigenvalue weighted by atomic mass is 10.1. The Bertz CT molecular complexity index is 1700. The number of hydrogen-bond donors (Lipinski definition) is 1. The Morgan fingerprint density at radius 3 is 2.44 bits per heavy atom. The minimum atomic E-state index is -4.39. The van der Waals surface area contributed by atoms with Crippen molar-refractivity contribution < 1.29 is 27.4 Å². The predicted octanol–water partition coefficient (Wildman–Crippen LogP) is 6.52. The number of para-hydroxylation sites is 1. The second-order valence-corrected chi connectivity index (χ2v) is 13.6. The number of benzene rings is 3. The van der Waals surface area contributed by atoms with Crippen molar-refractivity contribution in [2.75, 3.05) is 84.6 Å². The number of rotatable bonds is 13. The van der Waals surface area contributed by atoms with Gasteiger partial charge in [0.25, 0.3) is 0 Å². The minimum Gasteiger partial charge on any atom is -0.482 e. The third-order valence-electron chi connectivity index (χ3n) is 8.87. The van der Waals surface area contributed by atoms with Gasteiger partial charge in [0.15, 0.2) is 6.61 Å². The number of nitrogens with zero attached hydrogens (tertiary/aromatic N) is 4. The molecule has 0 spiro atoms. The van der Waals surface area contributed by atoms with Crippen LogP contribution < -0.4 is 9.64 Å². The number of aromatic nitrogens is 1. The Kier molecular flexibility index (Phi) is 10.8. The maximum Gasteiger partial charge on any atom is 0.416 e. The number of hydrogen-bond acceptors (Lipinski definition) is 8. The molecule has 0 bridgehead atoms. The van der Waals surface area contributed by atoms with Crippen molar-refractivity contribution in [2.24, 2.45) is 0 Å². The van der Waals surface area contributed by atoms with Crippen LogP contribution in [-0.4, -0.2) is 105 Å². The third-order valence-corrected chi connectivity index (χ3v) is 10.00. The number of H-pyrrole nitrogens is 1. The molecular formula is C36H42F3N5O3S. The monoisotopic (exact) mass is 681 g/mol. The van der Waals surface area contributed by atoms with E-state index in [2.05, 4.69) is 33.8 Å². The van der Waals surface area contributed by atoms with Gasteiger partial charge in [-0.1, -0.05) is 23.9 Å². The Morgan fingerprint density at radius 1 is 0.917 bits per heavy atom. The van der Waals surface area contributed by atoms with Crippen LogP contribution in [0.3, 0.4) is 0 Å². The molecule has 0 unspecified atom stereocenters. The maximum atomic E-state index is 13.5. The molecule has 2 aliphatic rings. The summed E-state index contributed by atoms with van der Waals surface area (Å²) in [7, 11) is 4.10. The molecule has 6 rings (SSSR count). The molecule has 3 aromatic carbocycles. The highest BCUT2D eigenvalue weighted by molar-refractivity contribution is 7.99. The lowest BCUT2D eigenvalue weighted by molar-refractivity contribution is -0.146. The van der Waals surface area contributed by atoms with Crippen LogP contribution in [0.2, 0.25) is 0 Å². The van der Waals surface area contributed by atoms with Crippen LogP contribution in [0.15, 0.2) is 76.7 Å². The van der Waals surface area contributed by atoms with Crippen LogP contribution in [0.25, 0.3) is 10.9 Å². The lowest BCUT2D eigenvalue weighted by Crippen LogP contribution is -2.47. The minimum absolute atomic E-state index is 0.140. The van der Waals surface area contributed by atoms with Gasteiger partial charge >= 0.3 is 12.1 Å². The van der Waals surface area contributed by atoms with Gasteiger partial charge in [-0.15, -0.1) is 0 Å². The summed E-state index contributed by atoms with van der Waals surface area (Å²) < 4.78 is 51.8. The van der Waals surface area contributed by atoms with Gasteiger partial charge in [0, 0.05) is 72.7 Å². The molecule has 1 saturated heterocycles. The van der Waals surface area contributed by atoms with Crippen molar-refractivity contribution in [1.82, 2.24) is 19.7 Å². The fourth-order valence-electron chi connectivity index (χ4n) is 6.21. The maximum absolute atomic E-state index is 13.5. The molecule has 0 radical (unpaired) electrons. The highest BCUT2D eigenvalue weighted by Gasteiger charge is 2.33. The van der Waals surface area contributed by atoms with Crippen LogP contribution in [0.1, 0.15) is 17.5 Å². The Hall–Kier alpha value is -3.71. The van der Waals surface area contributed by atoms with E-state index >= 15 is 0 Å². The first-order valence-corrected chi connectivity index (χ1v) is 17.2. The smallest absolute Gasteiger partial charge is 0.416 e. The molecule has 4 aromatic rings. The number of alkyl halides is 3. The van der Waals surface area contributed by atoms with Gasteiger partial charge in [-0.25, -0.2) is 4.79 Å². The number of esters is 1. The third kappa shape index (κ3) is 8.46. The van der Waals surface area contributed by atoms with E-state index < -0.39 is 17.7 Å². The number of halogens is 3. The number of carbonyl (C=O) groups excluding carboxylic acids is 1. The van der Waals surface area contributed by atoms with E-state index in [-0.39, 0.29) is 6.61 Å². The van der Waals surface area contributed by atoms with Gasteiger partial charge in [0.2, 0.25) is 0 Å². The highest BCUT2D eigenvalue weighted by atomic mass is 32.2. The molecule has 3 heterocycles. The first-order chi connectivity index (χ1) is 23.1. The second-order valence-electron chi connectivity index (χ2n) is 12.5. The SMILES string of the molecule is CN(C)CCc1c[nH]c2ccc(OCC(=O)OCCN3CCN(CCCN4c5ccccc5Sc5ccc(C(F)(F)F)cc54)CC3)cc12. The van der Waals surface area contributed by atoms with Crippen LogP contribution in [-0.2, 0) is 22.1 Å². The second kappa shape index (κ2) is 15.2. The number of fused-ring (bicyclic) bond motifs is 3. The zero-order chi connectivity index (χ0) is 33.7. The Labute approximate surface area is 283 Å². The normalized spacial score (nSPS) is 15.5. The predicted molar refractivity (Wildman–Crippen MR) is 184 cm³/mol. The van der Waals surface area contributed by atoms with Crippen molar-refractivity contribution in [3.05, 3.63) is 78.0 Å². The molecule has 256 valence electrons. The molecule has 2 aliphatic heterocycles. The molecule has 48 heavy (non-hydrogen) atoms. The summed E-state index contributed by atoms with van der Waals surface area (Å²) in [5.74, 6) is 0.247. The average molecular weight is 682 g/mol. The summed E-state index contributed by atoms with van der Waals surface area (Å²) >= 11 is 1.51. The molecular weight excluding hydrogens is 639 g/mol. The summed E-state index contributed by atoms with van der Waals surface area (Å²) in [5.41, 5.74) is 3.20.